The predicted octanol–water partition coefficient (Wildman–Crippen LogP) is 1.87. The van der Waals surface area contributed by atoms with Gasteiger partial charge in [-0.1, -0.05) is 6.07 Å². The summed E-state index contributed by atoms with van der Waals surface area (Å²) in [5.41, 5.74) is 8.49. The van der Waals surface area contributed by atoms with E-state index in [4.69, 9.17) is 20.5 Å². The molecule has 3 rings (SSSR count). The Morgan fingerprint density at radius 3 is 2.64 bits per heavy atom. The fourth-order valence-electron chi connectivity index (χ4n) is 2.25. The zero-order valence-corrected chi connectivity index (χ0v) is 12.1. The van der Waals surface area contributed by atoms with Gasteiger partial charge in [0, 0.05) is 11.8 Å². The molecule has 0 aliphatic rings. The van der Waals surface area contributed by atoms with E-state index in [2.05, 4.69) is 10.1 Å². The van der Waals surface area contributed by atoms with Crippen molar-refractivity contribution in [2.45, 2.75) is 0 Å². The molecule has 0 unspecified atom stereocenters. The Morgan fingerprint density at radius 2 is 1.95 bits per heavy atom. The second-order valence-electron chi connectivity index (χ2n) is 4.53. The number of methoxy groups -OCH3 is 2. The molecule has 110 valence electrons. The Bertz CT molecular complexity index is 895. The van der Waals surface area contributed by atoms with Crippen LogP contribution in [0, 0.1) is 11.3 Å². The fraction of sp³-hybridized carbons (Fsp3) is 0.133. The van der Waals surface area contributed by atoms with Crippen molar-refractivity contribution in [3.05, 3.63) is 36.2 Å². The summed E-state index contributed by atoms with van der Waals surface area (Å²) in [7, 11) is 3.14. The van der Waals surface area contributed by atoms with E-state index in [9.17, 15) is 0 Å². The number of rotatable bonds is 3. The molecule has 0 radical (unpaired) electrons. The summed E-state index contributed by atoms with van der Waals surface area (Å²) < 4.78 is 12.0. The van der Waals surface area contributed by atoms with Crippen LogP contribution in [0.15, 0.2) is 30.6 Å². The third kappa shape index (κ3) is 1.98. The minimum absolute atomic E-state index is 0.380. The maximum atomic E-state index is 9.01. The average molecular weight is 295 g/mol. The van der Waals surface area contributed by atoms with Gasteiger partial charge in [-0.2, -0.15) is 14.9 Å². The van der Waals surface area contributed by atoms with E-state index in [1.165, 1.54) is 10.7 Å². The largest absolute Gasteiger partial charge is 0.493 e. The molecule has 2 N–H and O–H groups in total. The molecule has 0 saturated carbocycles. The Morgan fingerprint density at radius 1 is 1.18 bits per heavy atom. The summed E-state index contributed by atoms with van der Waals surface area (Å²) in [5.74, 6) is 1.63. The number of fused-ring (bicyclic) bond motifs is 1. The standard InChI is InChI=1S/C15H13N5O2/c1-21-12-4-3-9(5-13(12)22-2)11-8-18-15-10(6-16)7-19-20(15)14(11)17/h3-5,7-8H,17H2,1-2H3. The molecule has 0 spiro atoms. The molecule has 7 heteroatoms. The molecule has 7 nitrogen and oxygen atoms in total. The minimum atomic E-state index is 0.380. The number of ether oxygens (including phenoxy) is 2. The molecule has 0 saturated heterocycles. The first kappa shape index (κ1) is 13.7. The molecule has 0 aliphatic carbocycles. The van der Waals surface area contributed by atoms with Gasteiger partial charge in [0.1, 0.15) is 17.5 Å². The molecule has 0 aliphatic heterocycles. The number of nitrogens with zero attached hydrogens (tertiary/aromatic N) is 4. The Labute approximate surface area is 126 Å². The number of nitrogens with two attached hydrogens (primary N) is 1. The molecule has 3 aromatic rings. The maximum Gasteiger partial charge on any atom is 0.175 e. The van der Waals surface area contributed by atoms with E-state index in [1.807, 2.05) is 18.2 Å². The summed E-state index contributed by atoms with van der Waals surface area (Å²) in [6.07, 6.45) is 3.06. The molecule has 0 fully saturated rings. The van der Waals surface area contributed by atoms with Crippen LogP contribution >= 0.6 is 0 Å². The van der Waals surface area contributed by atoms with E-state index in [0.29, 0.717) is 34.1 Å². The van der Waals surface area contributed by atoms with E-state index in [-0.39, 0.29) is 0 Å². The lowest BCUT2D eigenvalue weighted by atomic mass is 10.1. The van der Waals surface area contributed by atoms with E-state index < -0.39 is 0 Å². The van der Waals surface area contributed by atoms with Crippen LogP contribution in [0.4, 0.5) is 5.82 Å². The van der Waals surface area contributed by atoms with Gasteiger partial charge in [0.15, 0.2) is 17.1 Å². The van der Waals surface area contributed by atoms with Crippen LogP contribution in [0.3, 0.4) is 0 Å². The summed E-state index contributed by atoms with van der Waals surface area (Å²) in [6.45, 7) is 0. The number of nitriles is 1. The van der Waals surface area contributed by atoms with Crippen molar-refractivity contribution in [1.82, 2.24) is 14.6 Å². The lowest BCUT2D eigenvalue weighted by molar-refractivity contribution is 0.355. The van der Waals surface area contributed by atoms with Gasteiger partial charge in [0.2, 0.25) is 0 Å². The van der Waals surface area contributed by atoms with E-state index >= 15 is 0 Å². The number of hydrogen-bond donors (Lipinski definition) is 1. The molecular formula is C15H13N5O2. The van der Waals surface area contributed by atoms with Crippen LogP contribution in [-0.2, 0) is 0 Å². The zero-order chi connectivity index (χ0) is 15.7. The maximum absolute atomic E-state index is 9.01. The number of anilines is 1. The van der Waals surface area contributed by atoms with Crippen LogP contribution < -0.4 is 15.2 Å². The van der Waals surface area contributed by atoms with Gasteiger partial charge in [0.05, 0.1) is 20.4 Å². The highest BCUT2D eigenvalue weighted by molar-refractivity contribution is 5.77. The number of benzene rings is 1. The summed E-state index contributed by atoms with van der Waals surface area (Å²) >= 11 is 0. The predicted molar refractivity (Wildman–Crippen MR) is 80.7 cm³/mol. The van der Waals surface area contributed by atoms with Crippen molar-refractivity contribution in [1.29, 1.82) is 5.26 Å². The smallest absolute Gasteiger partial charge is 0.175 e. The molecule has 0 bridgehead atoms. The monoisotopic (exact) mass is 295 g/mol. The number of aromatic nitrogens is 3. The average Bonchev–Trinajstić information content (AvgIpc) is 2.98. The lowest BCUT2D eigenvalue weighted by Crippen LogP contribution is -2.03. The van der Waals surface area contributed by atoms with Gasteiger partial charge in [-0.25, -0.2) is 4.98 Å². The van der Waals surface area contributed by atoms with Crippen molar-refractivity contribution in [3.8, 4) is 28.7 Å². The van der Waals surface area contributed by atoms with Crippen molar-refractivity contribution in [3.63, 3.8) is 0 Å². The molecular weight excluding hydrogens is 282 g/mol. The van der Waals surface area contributed by atoms with Crippen molar-refractivity contribution in [2.24, 2.45) is 0 Å². The van der Waals surface area contributed by atoms with Gasteiger partial charge < -0.3 is 15.2 Å². The van der Waals surface area contributed by atoms with Crippen LogP contribution in [0.25, 0.3) is 16.8 Å². The zero-order valence-electron chi connectivity index (χ0n) is 12.1. The highest BCUT2D eigenvalue weighted by Crippen LogP contribution is 2.34. The third-order valence-electron chi connectivity index (χ3n) is 3.38. The minimum Gasteiger partial charge on any atom is -0.493 e. The van der Waals surface area contributed by atoms with Gasteiger partial charge >= 0.3 is 0 Å². The molecule has 2 aromatic heterocycles. The normalized spacial score (nSPS) is 10.4. The Kier molecular flexibility index (Phi) is 3.27. The highest BCUT2D eigenvalue weighted by atomic mass is 16.5. The summed E-state index contributed by atoms with van der Waals surface area (Å²) in [4.78, 5) is 4.27. The Balaban J connectivity index is 2.19. The first-order valence-corrected chi connectivity index (χ1v) is 6.44. The second-order valence-corrected chi connectivity index (χ2v) is 4.53. The molecule has 2 heterocycles. The summed E-state index contributed by atoms with van der Waals surface area (Å²) in [5, 5.41) is 13.1. The van der Waals surface area contributed by atoms with Crippen molar-refractivity contribution < 1.29 is 9.47 Å². The molecule has 1 aromatic carbocycles. The number of hydrogen-bond acceptors (Lipinski definition) is 6. The summed E-state index contributed by atoms with van der Waals surface area (Å²) in [6, 6.07) is 7.49. The van der Waals surface area contributed by atoms with Crippen LogP contribution in [0.2, 0.25) is 0 Å². The van der Waals surface area contributed by atoms with Crippen molar-refractivity contribution in [2.75, 3.05) is 20.0 Å². The molecule has 22 heavy (non-hydrogen) atoms. The van der Waals surface area contributed by atoms with Crippen LogP contribution in [-0.4, -0.2) is 28.8 Å². The molecule has 0 amide bonds. The SMILES string of the molecule is COc1ccc(-c2cnc3c(C#N)cnn3c2N)cc1OC. The Hall–Kier alpha value is -3.27. The first-order valence-electron chi connectivity index (χ1n) is 6.44. The van der Waals surface area contributed by atoms with Gasteiger partial charge in [-0.15, -0.1) is 0 Å². The van der Waals surface area contributed by atoms with E-state index in [0.717, 1.165) is 5.56 Å². The van der Waals surface area contributed by atoms with Gasteiger partial charge in [-0.3, -0.25) is 0 Å². The topological polar surface area (TPSA) is 98.5 Å². The van der Waals surface area contributed by atoms with Crippen molar-refractivity contribution >= 4 is 11.5 Å². The van der Waals surface area contributed by atoms with Crippen LogP contribution in [0.1, 0.15) is 5.56 Å². The number of nitrogen functional groups attached to an aromatic ring is 1. The van der Waals surface area contributed by atoms with E-state index in [1.54, 1.807) is 26.5 Å². The second kappa shape index (κ2) is 5.26. The van der Waals surface area contributed by atoms with Gasteiger partial charge in [-0.05, 0) is 17.7 Å². The molecule has 0 atom stereocenters. The fourth-order valence-corrected chi connectivity index (χ4v) is 2.25. The lowest BCUT2D eigenvalue weighted by Gasteiger charge is -2.11. The first-order chi connectivity index (χ1) is 10.7. The quantitative estimate of drug-likeness (QED) is 0.792. The third-order valence-corrected chi connectivity index (χ3v) is 3.38. The highest BCUT2D eigenvalue weighted by Gasteiger charge is 2.14. The van der Waals surface area contributed by atoms with Crippen LogP contribution in [0.5, 0.6) is 11.5 Å². The van der Waals surface area contributed by atoms with Gasteiger partial charge in [0.25, 0.3) is 0 Å².